The Hall–Kier alpha value is -1.07. The van der Waals surface area contributed by atoms with Gasteiger partial charge in [-0.1, -0.05) is 17.7 Å². The summed E-state index contributed by atoms with van der Waals surface area (Å²) in [6, 6.07) is 6.69. The maximum atomic E-state index is 12.3. The minimum absolute atomic E-state index is 0.116. The fourth-order valence-corrected chi connectivity index (χ4v) is 3.56. The molecule has 1 aromatic carbocycles. The molecule has 2 rings (SSSR count). The second-order valence-corrected chi connectivity index (χ2v) is 6.85. The molecule has 20 heavy (non-hydrogen) atoms. The van der Waals surface area contributed by atoms with Crippen LogP contribution in [0.2, 0.25) is 0 Å². The number of nitrogens with zero attached hydrogens (tertiary/aromatic N) is 2. The van der Waals surface area contributed by atoms with Gasteiger partial charge in [0.2, 0.25) is 0 Å². The van der Waals surface area contributed by atoms with Crippen LogP contribution < -0.4 is 0 Å². The van der Waals surface area contributed by atoms with Crippen LogP contribution in [0.1, 0.15) is 24.8 Å². The molecule has 110 valence electrons. The van der Waals surface area contributed by atoms with Crippen molar-refractivity contribution in [3.05, 3.63) is 29.8 Å². The lowest BCUT2D eigenvalue weighted by atomic mass is 10.1. The Kier molecular flexibility index (Phi) is 5.05. The lowest BCUT2D eigenvalue weighted by Crippen LogP contribution is -2.37. The van der Waals surface area contributed by atoms with Crippen molar-refractivity contribution in [2.75, 3.05) is 19.0 Å². The van der Waals surface area contributed by atoms with Crippen molar-refractivity contribution in [3.63, 3.8) is 0 Å². The molecule has 1 heterocycles. The van der Waals surface area contributed by atoms with Crippen LogP contribution in [0.25, 0.3) is 0 Å². The van der Waals surface area contributed by atoms with Gasteiger partial charge in [0.15, 0.2) is 0 Å². The number of likely N-dealkylation sites (tertiary alicyclic amines) is 1. The number of halogens is 1. The van der Waals surface area contributed by atoms with Crippen molar-refractivity contribution >= 4 is 27.5 Å². The fourth-order valence-electron chi connectivity index (χ4n) is 2.22. The SMILES string of the molecule is Cc1ccc(S(=O)(=O)/N=C(\CCl)N2CCCCC2)cc1. The molecule has 1 aliphatic heterocycles. The molecule has 0 N–H and O–H groups in total. The molecule has 0 aliphatic carbocycles. The van der Waals surface area contributed by atoms with Gasteiger partial charge in [-0.3, -0.25) is 0 Å². The quantitative estimate of drug-likeness (QED) is 0.490. The summed E-state index contributed by atoms with van der Waals surface area (Å²) in [4.78, 5) is 2.19. The fraction of sp³-hybridized carbons (Fsp3) is 0.500. The van der Waals surface area contributed by atoms with Gasteiger partial charge < -0.3 is 4.90 Å². The molecule has 0 radical (unpaired) electrons. The molecule has 1 fully saturated rings. The molecular weight excluding hydrogens is 296 g/mol. The van der Waals surface area contributed by atoms with E-state index in [-0.39, 0.29) is 10.8 Å². The van der Waals surface area contributed by atoms with Gasteiger partial charge in [0.25, 0.3) is 10.0 Å². The van der Waals surface area contributed by atoms with E-state index < -0.39 is 10.0 Å². The standard InChI is InChI=1S/C14H19ClN2O2S/c1-12-5-7-13(8-6-12)20(18,19)16-14(11-15)17-9-3-2-4-10-17/h5-8H,2-4,9-11H2,1H3/b16-14+. The Morgan fingerprint density at radius 1 is 1.20 bits per heavy atom. The lowest BCUT2D eigenvalue weighted by molar-refractivity contribution is 0.341. The zero-order valence-electron chi connectivity index (χ0n) is 11.5. The smallest absolute Gasteiger partial charge is 0.283 e. The van der Waals surface area contributed by atoms with Crippen LogP contribution >= 0.6 is 11.6 Å². The Morgan fingerprint density at radius 3 is 2.35 bits per heavy atom. The number of amidine groups is 1. The van der Waals surface area contributed by atoms with E-state index in [1.807, 2.05) is 11.8 Å². The summed E-state index contributed by atoms with van der Waals surface area (Å²) in [7, 11) is -3.68. The normalized spacial score (nSPS) is 17.3. The first-order chi connectivity index (χ1) is 9.53. The maximum absolute atomic E-state index is 12.3. The second kappa shape index (κ2) is 6.59. The molecule has 4 nitrogen and oxygen atoms in total. The van der Waals surface area contributed by atoms with E-state index in [4.69, 9.17) is 11.6 Å². The van der Waals surface area contributed by atoms with E-state index in [9.17, 15) is 8.42 Å². The average molecular weight is 315 g/mol. The first-order valence-electron chi connectivity index (χ1n) is 6.74. The van der Waals surface area contributed by atoms with Crippen molar-refractivity contribution in [3.8, 4) is 0 Å². The Bertz CT molecular complexity index is 576. The second-order valence-electron chi connectivity index (χ2n) is 4.98. The predicted octanol–water partition coefficient (Wildman–Crippen LogP) is 2.81. The van der Waals surface area contributed by atoms with E-state index in [1.165, 1.54) is 6.42 Å². The van der Waals surface area contributed by atoms with E-state index in [0.29, 0.717) is 5.84 Å². The average Bonchev–Trinajstić information content (AvgIpc) is 2.46. The zero-order chi connectivity index (χ0) is 14.6. The number of hydrogen-bond donors (Lipinski definition) is 0. The first-order valence-corrected chi connectivity index (χ1v) is 8.72. The molecule has 6 heteroatoms. The van der Waals surface area contributed by atoms with Crippen molar-refractivity contribution in [2.45, 2.75) is 31.1 Å². The van der Waals surface area contributed by atoms with E-state index in [0.717, 1.165) is 31.5 Å². The molecule has 1 aliphatic rings. The third kappa shape index (κ3) is 3.73. The summed E-state index contributed by atoms with van der Waals surface area (Å²) in [6.45, 7) is 3.57. The Labute approximate surface area is 125 Å². The number of aryl methyl sites for hydroxylation is 1. The monoisotopic (exact) mass is 314 g/mol. The molecular formula is C14H19ClN2O2S. The molecule has 0 spiro atoms. The topological polar surface area (TPSA) is 49.7 Å². The summed E-state index contributed by atoms with van der Waals surface area (Å²) < 4.78 is 28.5. The third-order valence-corrected chi connectivity index (χ3v) is 4.94. The number of rotatable bonds is 3. The molecule has 0 saturated carbocycles. The molecule has 1 saturated heterocycles. The Morgan fingerprint density at radius 2 is 1.80 bits per heavy atom. The number of alkyl halides is 1. The molecule has 0 amide bonds. The number of hydrogen-bond acceptors (Lipinski definition) is 2. The third-order valence-electron chi connectivity index (χ3n) is 3.39. The van der Waals surface area contributed by atoms with Gasteiger partial charge in [0.1, 0.15) is 5.84 Å². The van der Waals surface area contributed by atoms with Crippen molar-refractivity contribution in [1.29, 1.82) is 0 Å². The van der Waals surface area contributed by atoms with Gasteiger partial charge in [-0.25, -0.2) is 0 Å². The van der Waals surface area contributed by atoms with Crippen LogP contribution in [-0.2, 0) is 10.0 Å². The minimum atomic E-state index is -3.68. The van der Waals surface area contributed by atoms with Crippen LogP contribution in [-0.4, -0.2) is 38.1 Å². The van der Waals surface area contributed by atoms with Crippen LogP contribution in [0.3, 0.4) is 0 Å². The van der Waals surface area contributed by atoms with Gasteiger partial charge in [0.05, 0.1) is 10.8 Å². The van der Waals surface area contributed by atoms with E-state index in [1.54, 1.807) is 24.3 Å². The Balaban J connectivity index is 2.27. The predicted molar refractivity (Wildman–Crippen MR) is 81.9 cm³/mol. The van der Waals surface area contributed by atoms with Crippen LogP contribution in [0.4, 0.5) is 0 Å². The lowest BCUT2D eigenvalue weighted by Gasteiger charge is -2.28. The largest absolute Gasteiger partial charge is 0.358 e. The molecule has 0 aromatic heterocycles. The maximum Gasteiger partial charge on any atom is 0.283 e. The van der Waals surface area contributed by atoms with Gasteiger partial charge >= 0.3 is 0 Å². The molecule has 0 unspecified atom stereocenters. The van der Waals surface area contributed by atoms with Crippen molar-refractivity contribution < 1.29 is 8.42 Å². The first kappa shape index (κ1) is 15.3. The van der Waals surface area contributed by atoms with Crippen molar-refractivity contribution in [1.82, 2.24) is 4.90 Å². The van der Waals surface area contributed by atoms with E-state index in [2.05, 4.69) is 4.40 Å². The summed E-state index contributed by atoms with van der Waals surface area (Å²) in [5, 5.41) is 0. The minimum Gasteiger partial charge on any atom is -0.358 e. The van der Waals surface area contributed by atoms with Crippen LogP contribution in [0, 0.1) is 6.92 Å². The van der Waals surface area contributed by atoms with Crippen LogP contribution in [0.5, 0.6) is 0 Å². The summed E-state index contributed by atoms with van der Waals surface area (Å²) in [5.74, 6) is 0.567. The zero-order valence-corrected chi connectivity index (χ0v) is 13.1. The number of sulfonamides is 1. The van der Waals surface area contributed by atoms with Gasteiger partial charge in [0, 0.05) is 13.1 Å². The molecule has 0 atom stereocenters. The van der Waals surface area contributed by atoms with Gasteiger partial charge in [-0.2, -0.15) is 8.42 Å². The van der Waals surface area contributed by atoms with Crippen LogP contribution in [0.15, 0.2) is 33.6 Å². The van der Waals surface area contributed by atoms with Gasteiger partial charge in [-0.15, -0.1) is 16.0 Å². The summed E-state index contributed by atoms with van der Waals surface area (Å²) >= 11 is 5.88. The highest BCUT2D eigenvalue weighted by Crippen LogP contribution is 2.16. The number of piperidine rings is 1. The highest BCUT2D eigenvalue weighted by atomic mass is 35.5. The highest BCUT2D eigenvalue weighted by Gasteiger charge is 2.19. The summed E-state index contributed by atoms with van der Waals surface area (Å²) in [5.41, 5.74) is 1.02. The molecule has 1 aromatic rings. The summed E-state index contributed by atoms with van der Waals surface area (Å²) in [6.07, 6.45) is 3.29. The number of benzene rings is 1. The molecule has 0 bridgehead atoms. The highest BCUT2D eigenvalue weighted by molar-refractivity contribution is 7.90. The van der Waals surface area contributed by atoms with Crippen molar-refractivity contribution in [2.24, 2.45) is 4.40 Å². The van der Waals surface area contributed by atoms with E-state index >= 15 is 0 Å². The van der Waals surface area contributed by atoms with Gasteiger partial charge in [-0.05, 0) is 38.3 Å².